The molecule has 0 saturated carbocycles. The van der Waals surface area contributed by atoms with Crippen molar-refractivity contribution < 1.29 is 0 Å². The Bertz CT molecular complexity index is 777. The van der Waals surface area contributed by atoms with Gasteiger partial charge < -0.3 is 9.88 Å². The van der Waals surface area contributed by atoms with Crippen LogP contribution < -0.4 is 4.90 Å². The van der Waals surface area contributed by atoms with Gasteiger partial charge in [0, 0.05) is 30.4 Å². The van der Waals surface area contributed by atoms with Gasteiger partial charge in [-0.2, -0.15) is 0 Å². The Morgan fingerprint density at radius 3 is 2.39 bits per heavy atom. The summed E-state index contributed by atoms with van der Waals surface area (Å²) in [5.41, 5.74) is 4.25. The maximum Gasteiger partial charge on any atom is 0.225 e. The summed E-state index contributed by atoms with van der Waals surface area (Å²) in [6.07, 6.45) is 2.16. The summed E-state index contributed by atoms with van der Waals surface area (Å²) in [5, 5.41) is 0. The van der Waals surface area contributed by atoms with Gasteiger partial charge in [0.15, 0.2) is 0 Å². The summed E-state index contributed by atoms with van der Waals surface area (Å²) in [4.78, 5) is 19.7. The van der Waals surface area contributed by atoms with Gasteiger partial charge in [-0.15, -0.1) is 0 Å². The van der Waals surface area contributed by atoms with Crippen LogP contribution in [-0.4, -0.2) is 33.0 Å². The third-order valence-electron chi connectivity index (χ3n) is 4.54. The molecule has 5 nitrogen and oxygen atoms in total. The van der Waals surface area contributed by atoms with Crippen molar-refractivity contribution in [2.24, 2.45) is 0 Å². The van der Waals surface area contributed by atoms with Crippen molar-refractivity contribution in [3.05, 3.63) is 47.5 Å². The first-order valence-electron chi connectivity index (χ1n) is 8.21. The number of aromatic amines is 1. The molecule has 0 aliphatic carbocycles. The Hall–Kier alpha value is -2.43. The van der Waals surface area contributed by atoms with E-state index in [0.29, 0.717) is 5.92 Å². The van der Waals surface area contributed by atoms with Crippen molar-refractivity contribution in [3.8, 4) is 0 Å². The van der Waals surface area contributed by atoms with E-state index in [-0.39, 0.29) is 0 Å². The van der Waals surface area contributed by atoms with Gasteiger partial charge in [-0.05, 0) is 44.9 Å². The number of aromatic nitrogens is 4. The summed E-state index contributed by atoms with van der Waals surface area (Å²) in [5.74, 6) is 2.47. The van der Waals surface area contributed by atoms with Gasteiger partial charge in [-0.3, -0.25) is 0 Å². The van der Waals surface area contributed by atoms with Crippen LogP contribution in [0.3, 0.4) is 0 Å². The highest BCUT2D eigenvalue weighted by molar-refractivity contribution is 5.74. The first-order chi connectivity index (χ1) is 11.2. The second-order valence-electron chi connectivity index (χ2n) is 6.35. The molecule has 3 aromatic rings. The predicted molar refractivity (Wildman–Crippen MR) is 91.8 cm³/mol. The number of nitrogens with one attached hydrogen (secondary N) is 1. The molecule has 23 heavy (non-hydrogen) atoms. The topological polar surface area (TPSA) is 57.7 Å². The van der Waals surface area contributed by atoms with Crippen LogP contribution in [-0.2, 0) is 0 Å². The Labute approximate surface area is 135 Å². The first-order valence-corrected chi connectivity index (χ1v) is 8.21. The highest BCUT2D eigenvalue weighted by atomic mass is 15.3. The van der Waals surface area contributed by atoms with Crippen LogP contribution >= 0.6 is 0 Å². The average Bonchev–Trinajstić information content (AvgIpc) is 2.98. The van der Waals surface area contributed by atoms with Crippen LogP contribution in [0.4, 0.5) is 5.95 Å². The standard InChI is InChI=1S/C18H21N5/c1-12-11-13(2)20-18(19-12)23-9-7-14(8-10-23)17-21-15-5-3-4-6-16(15)22-17/h3-6,11,14H,7-10H2,1-2H3,(H,21,22). The maximum atomic E-state index is 4.76. The van der Waals surface area contributed by atoms with Crippen molar-refractivity contribution in [2.75, 3.05) is 18.0 Å². The normalized spacial score (nSPS) is 16.2. The van der Waals surface area contributed by atoms with Crippen LogP contribution in [0.5, 0.6) is 0 Å². The van der Waals surface area contributed by atoms with Gasteiger partial charge in [-0.25, -0.2) is 15.0 Å². The minimum atomic E-state index is 0.490. The third-order valence-corrected chi connectivity index (χ3v) is 4.54. The van der Waals surface area contributed by atoms with E-state index in [0.717, 1.165) is 60.1 Å². The Balaban J connectivity index is 1.50. The van der Waals surface area contributed by atoms with E-state index in [4.69, 9.17) is 4.98 Å². The highest BCUT2D eigenvalue weighted by Crippen LogP contribution is 2.29. The molecule has 0 amide bonds. The number of fused-ring (bicyclic) bond motifs is 1. The number of imidazole rings is 1. The molecule has 0 bridgehead atoms. The predicted octanol–water partition coefficient (Wildman–Crippen LogP) is 3.35. The second kappa shape index (κ2) is 5.65. The zero-order valence-corrected chi connectivity index (χ0v) is 13.6. The number of benzene rings is 1. The molecule has 2 aromatic heterocycles. The summed E-state index contributed by atoms with van der Waals surface area (Å²) in [6.45, 7) is 6.01. The number of H-pyrrole nitrogens is 1. The molecular weight excluding hydrogens is 286 g/mol. The highest BCUT2D eigenvalue weighted by Gasteiger charge is 2.24. The molecular formula is C18H21N5. The number of piperidine rings is 1. The number of hydrogen-bond acceptors (Lipinski definition) is 4. The molecule has 1 saturated heterocycles. The summed E-state index contributed by atoms with van der Waals surface area (Å²) >= 11 is 0. The number of aryl methyl sites for hydroxylation is 2. The molecule has 1 aromatic carbocycles. The van der Waals surface area contributed by atoms with Crippen molar-refractivity contribution in [3.63, 3.8) is 0 Å². The fourth-order valence-corrected chi connectivity index (χ4v) is 3.37. The van der Waals surface area contributed by atoms with Crippen LogP contribution in [0.25, 0.3) is 11.0 Å². The van der Waals surface area contributed by atoms with Crippen molar-refractivity contribution in [2.45, 2.75) is 32.6 Å². The lowest BCUT2D eigenvalue weighted by Gasteiger charge is -2.31. The first kappa shape index (κ1) is 14.2. The van der Waals surface area contributed by atoms with Crippen LogP contribution in [0.15, 0.2) is 30.3 Å². The van der Waals surface area contributed by atoms with Crippen molar-refractivity contribution >= 4 is 17.0 Å². The third kappa shape index (κ3) is 2.79. The average molecular weight is 307 g/mol. The quantitative estimate of drug-likeness (QED) is 0.789. The molecule has 0 spiro atoms. The molecule has 0 atom stereocenters. The molecule has 1 fully saturated rings. The van der Waals surface area contributed by atoms with E-state index >= 15 is 0 Å². The van der Waals surface area contributed by atoms with Crippen molar-refractivity contribution in [1.82, 2.24) is 19.9 Å². The molecule has 0 radical (unpaired) electrons. The molecule has 3 heterocycles. The van der Waals surface area contributed by atoms with Gasteiger partial charge >= 0.3 is 0 Å². The lowest BCUT2D eigenvalue weighted by Crippen LogP contribution is -2.34. The molecule has 118 valence electrons. The largest absolute Gasteiger partial charge is 0.342 e. The zero-order valence-electron chi connectivity index (χ0n) is 13.6. The van der Waals surface area contributed by atoms with E-state index in [1.165, 1.54) is 0 Å². The number of para-hydroxylation sites is 2. The minimum Gasteiger partial charge on any atom is -0.342 e. The van der Waals surface area contributed by atoms with Crippen LogP contribution in [0, 0.1) is 13.8 Å². The molecule has 1 aliphatic rings. The molecule has 1 N–H and O–H groups in total. The summed E-state index contributed by atoms with van der Waals surface area (Å²) in [7, 11) is 0. The molecule has 5 heteroatoms. The zero-order chi connectivity index (χ0) is 15.8. The van der Waals surface area contributed by atoms with Gasteiger partial charge in [0.2, 0.25) is 5.95 Å². The summed E-state index contributed by atoms with van der Waals surface area (Å²) in [6, 6.07) is 10.3. The smallest absolute Gasteiger partial charge is 0.225 e. The van der Waals surface area contributed by atoms with Gasteiger partial charge in [0.1, 0.15) is 5.82 Å². The number of hydrogen-bond donors (Lipinski definition) is 1. The fourth-order valence-electron chi connectivity index (χ4n) is 3.37. The van der Waals surface area contributed by atoms with E-state index in [9.17, 15) is 0 Å². The maximum absolute atomic E-state index is 4.76. The fraction of sp³-hybridized carbons (Fsp3) is 0.389. The van der Waals surface area contributed by atoms with Crippen LogP contribution in [0.2, 0.25) is 0 Å². The molecule has 1 aliphatic heterocycles. The number of anilines is 1. The summed E-state index contributed by atoms with van der Waals surface area (Å²) < 4.78 is 0. The van der Waals surface area contributed by atoms with Gasteiger partial charge in [-0.1, -0.05) is 12.1 Å². The Morgan fingerprint density at radius 1 is 1.00 bits per heavy atom. The Kier molecular flexibility index (Phi) is 3.48. The SMILES string of the molecule is Cc1cc(C)nc(N2CCC(c3nc4ccccc4[nH]3)CC2)n1. The number of nitrogens with zero attached hydrogens (tertiary/aromatic N) is 4. The second-order valence-corrected chi connectivity index (χ2v) is 6.35. The van der Waals surface area contributed by atoms with Gasteiger partial charge in [0.05, 0.1) is 11.0 Å². The van der Waals surface area contributed by atoms with Gasteiger partial charge in [0.25, 0.3) is 0 Å². The van der Waals surface area contributed by atoms with Crippen LogP contribution in [0.1, 0.15) is 36.0 Å². The number of rotatable bonds is 2. The van der Waals surface area contributed by atoms with E-state index in [2.05, 4.69) is 32.0 Å². The van der Waals surface area contributed by atoms with Crippen molar-refractivity contribution in [1.29, 1.82) is 0 Å². The lowest BCUT2D eigenvalue weighted by molar-refractivity contribution is 0.484. The molecule has 0 unspecified atom stereocenters. The monoisotopic (exact) mass is 307 g/mol. The molecule has 4 rings (SSSR count). The lowest BCUT2D eigenvalue weighted by atomic mass is 9.96. The minimum absolute atomic E-state index is 0.490. The Morgan fingerprint density at radius 2 is 1.70 bits per heavy atom. The van der Waals surface area contributed by atoms with E-state index < -0.39 is 0 Å². The van der Waals surface area contributed by atoms with E-state index in [1.807, 2.05) is 32.0 Å². The van der Waals surface area contributed by atoms with E-state index in [1.54, 1.807) is 0 Å².